The van der Waals surface area contributed by atoms with Crippen LogP contribution in [0.4, 0.5) is 5.69 Å². The molecular formula is C49H50ClN3O6. The molecule has 304 valence electrons. The lowest BCUT2D eigenvalue weighted by atomic mass is 9.99. The lowest BCUT2D eigenvalue weighted by Crippen LogP contribution is -2.25. The quantitative estimate of drug-likeness (QED) is 0.0877. The normalized spacial score (nSPS) is 11.5. The summed E-state index contributed by atoms with van der Waals surface area (Å²) >= 11 is 6.11. The summed E-state index contributed by atoms with van der Waals surface area (Å²) in [5.41, 5.74) is 12.8. The van der Waals surface area contributed by atoms with E-state index in [1.165, 1.54) is 7.11 Å². The summed E-state index contributed by atoms with van der Waals surface area (Å²) in [5.74, 6) is -1.12. The maximum atomic E-state index is 13.1. The number of carbonyl (C=O) groups excluding carboxylic acids is 3. The van der Waals surface area contributed by atoms with E-state index in [9.17, 15) is 14.4 Å². The van der Waals surface area contributed by atoms with Gasteiger partial charge in [-0.25, -0.2) is 14.4 Å². The molecule has 0 aliphatic rings. The van der Waals surface area contributed by atoms with Gasteiger partial charge in [0.15, 0.2) is 0 Å². The number of esters is 3. The molecule has 10 heteroatoms. The topological polar surface area (TPSA) is 115 Å². The van der Waals surface area contributed by atoms with Crippen molar-refractivity contribution in [2.75, 3.05) is 12.8 Å². The van der Waals surface area contributed by atoms with Gasteiger partial charge in [0, 0.05) is 45.6 Å². The summed E-state index contributed by atoms with van der Waals surface area (Å²) in [7, 11) is 1.35. The van der Waals surface area contributed by atoms with Gasteiger partial charge in [-0.05, 0) is 125 Å². The SMILES string of the molecule is CC(C)(C)OC(=O)c1cc2cc(N)ccc2n1Cc1ccccc1.COC(=O)c1cc(Cl)ccc1Cc1ccc2c(c1)cc(C(=O)OC(C)(C)C)n2Cc1ccccc1. The lowest BCUT2D eigenvalue weighted by molar-refractivity contribution is 0.00463. The fraction of sp³-hybridized carbons (Fsp3) is 0.245. The number of anilines is 1. The zero-order valence-corrected chi connectivity index (χ0v) is 35.3. The summed E-state index contributed by atoms with van der Waals surface area (Å²) < 4.78 is 20.2. The Morgan fingerprint density at radius 1 is 0.576 bits per heavy atom. The first-order chi connectivity index (χ1) is 28.0. The van der Waals surface area contributed by atoms with Crippen LogP contribution in [0.3, 0.4) is 0 Å². The van der Waals surface area contributed by atoms with Crippen molar-refractivity contribution in [3.63, 3.8) is 0 Å². The number of benzene rings is 5. The predicted octanol–water partition coefficient (Wildman–Crippen LogP) is 10.9. The number of hydrogen-bond donors (Lipinski definition) is 1. The van der Waals surface area contributed by atoms with Gasteiger partial charge in [-0.1, -0.05) is 84.4 Å². The number of nitrogens with two attached hydrogens (primary N) is 1. The Balaban J connectivity index is 0.000000213. The first-order valence-electron chi connectivity index (χ1n) is 19.4. The zero-order valence-electron chi connectivity index (χ0n) is 34.5. The maximum absolute atomic E-state index is 13.1. The molecule has 0 spiro atoms. The van der Waals surface area contributed by atoms with Gasteiger partial charge >= 0.3 is 17.9 Å². The van der Waals surface area contributed by atoms with Gasteiger partial charge < -0.3 is 29.1 Å². The Labute approximate surface area is 350 Å². The van der Waals surface area contributed by atoms with Crippen LogP contribution in [-0.4, -0.2) is 45.4 Å². The molecule has 2 heterocycles. The van der Waals surface area contributed by atoms with Gasteiger partial charge in [0.25, 0.3) is 0 Å². The third kappa shape index (κ3) is 10.8. The van der Waals surface area contributed by atoms with Crippen LogP contribution in [0.1, 0.15) is 95.1 Å². The summed E-state index contributed by atoms with van der Waals surface area (Å²) in [6.45, 7) is 12.3. The summed E-state index contributed by atoms with van der Waals surface area (Å²) in [4.78, 5) is 38.0. The molecule has 0 bridgehead atoms. The minimum atomic E-state index is -0.602. The number of fused-ring (bicyclic) bond motifs is 2. The van der Waals surface area contributed by atoms with Crippen molar-refractivity contribution >= 4 is 57.0 Å². The van der Waals surface area contributed by atoms with Crippen LogP contribution in [0.15, 0.2) is 127 Å². The second-order valence-corrected chi connectivity index (χ2v) is 16.8. The first-order valence-corrected chi connectivity index (χ1v) is 19.8. The molecule has 2 N–H and O–H groups in total. The van der Waals surface area contributed by atoms with E-state index in [0.717, 1.165) is 44.1 Å². The second kappa shape index (κ2) is 17.7. The number of carbonyl (C=O) groups is 3. The van der Waals surface area contributed by atoms with E-state index in [-0.39, 0.29) is 11.9 Å². The number of nitrogen functional groups attached to an aromatic ring is 1. The fourth-order valence-corrected chi connectivity index (χ4v) is 6.99. The van der Waals surface area contributed by atoms with Crippen LogP contribution in [0.2, 0.25) is 5.02 Å². The Kier molecular flexibility index (Phi) is 12.7. The van der Waals surface area contributed by atoms with E-state index >= 15 is 0 Å². The highest BCUT2D eigenvalue weighted by atomic mass is 35.5. The van der Waals surface area contributed by atoms with E-state index < -0.39 is 17.2 Å². The van der Waals surface area contributed by atoms with Crippen molar-refractivity contribution in [1.82, 2.24) is 9.13 Å². The Bertz CT molecular complexity index is 2610. The average Bonchev–Trinajstić information content (AvgIpc) is 3.72. The third-order valence-electron chi connectivity index (χ3n) is 9.35. The standard InChI is InChI=1S/C29H28ClNO4.C20H22N2O2/c1-29(2,3)35-28(33)26-16-22-15-20(14-21-11-12-23(30)17-24(21)27(32)34-4)10-13-25(22)31(26)18-19-8-6-5-7-9-19;1-20(2,3)24-19(23)18-12-15-11-16(21)9-10-17(15)22(18)13-14-7-5-4-6-8-14/h5-13,15-17H,14,18H2,1-4H3;4-12H,13,21H2,1-3H3. The minimum absolute atomic E-state index is 0.326. The second-order valence-electron chi connectivity index (χ2n) is 16.4. The molecule has 9 nitrogen and oxygen atoms in total. The van der Waals surface area contributed by atoms with Crippen molar-refractivity contribution in [2.45, 2.75) is 72.3 Å². The third-order valence-corrected chi connectivity index (χ3v) is 9.58. The molecule has 0 amide bonds. The molecular weight excluding hydrogens is 762 g/mol. The molecule has 0 fully saturated rings. The molecule has 0 saturated carbocycles. The van der Waals surface area contributed by atoms with Crippen molar-refractivity contribution in [3.8, 4) is 0 Å². The zero-order chi connectivity index (χ0) is 42.5. The number of halogens is 1. The molecule has 59 heavy (non-hydrogen) atoms. The molecule has 0 aliphatic heterocycles. The molecule has 0 unspecified atom stereocenters. The molecule has 7 rings (SSSR count). The maximum Gasteiger partial charge on any atom is 0.355 e. The number of nitrogens with zero attached hydrogens (tertiary/aromatic N) is 2. The highest BCUT2D eigenvalue weighted by Crippen LogP contribution is 2.28. The van der Waals surface area contributed by atoms with Gasteiger partial charge in [0.05, 0.1) is 12.7 Å². The van der Waals surface area contributed by atoms with Crippen molar-refractivity contribution in [2.24, 2.45) is 0 Å². The summed E-state index contributed by atoms with van der Waals surface area (Å²) in [5, 5.41) is 2.34. The largest absolute Gasteiger partial charge is 0.465 e. The summed E-state index contributed by atoms with van der Waals surface area (Å²) in [6, 6.07) is 40.7. The summed E-state index contributed by atoms with van der Waals surface area (Å²) in [6.07, 6.45) is 0.517. The van der Waals surface area contributed by atoms with Crippen LogP contribution in [0, 0.1) is 0 Å². The van der Waals surface area contributed by atoms with Crippen molar-refractivity contribution < 1.29 is 28.6 Å². The van der Waals surface area contributed by atoms with E-state index in [0.29, 0.717) is 47.2 Å². The van der Waals surface area contributed by atoms with Crippen molar-refractivity contribution in [1.29, 1.82) is 0 Å². The van der Waals surface area contributed by atoms with Crippen LogP contribution in [-0.2, 0) is 33.7 Å². The van der Waals surface area contributed by atoms with Crippen LogP contribution in [0.25, 0.3) is 21.8 Å². The molecule has 5 aromatic carbocycles. The van der Waals surface area contributed by atoms with Gasteiger partial charge in [-0.15, -0.1) is 0 Å². The van der Waals surface area contributed by atoms with Crippen molar-refractivity contribution in [3.05, 3.63) is 172 Å². The minimum Gasteiger partial charge on any atom is -0.465 e. The Morgan fingerprint density at radius 2 is 1.07 bits per heavy atom. The molecule has 0 aliphatic carbocycles. The number of hydrogen-bond acceptors (Lipinski definition) is 7. The molecule has 7 aromatic rings. The molecule has 2 aromatic heterocycles. The fourth-order valence-electron chi connectivity index (χ4n) is 6.81. The number of aromatic nitrogens is 2. The van der Waals surface area contributed by atoms with Gasteiger partial charge in [0.2, 0.25) is 0 Å². The Morgan fingerprint density at radius 3 is 1.56 bits per heavy atom. The van der Waals surface area contributed by atoms with Gasteiger partial charge in [-0.3, -0.25) is 0 Å². The van der Waals surface area contributed by atoms with Crippen LogP contribution < -0.4 is 5.73 Å². The van der Waals surface area contributed by atoms with E-state index in [2.05, 4.69) is 0 Å². The molecule has 0 atom stereocenters. The average molecular weight is 812 g/mol. The van der Waals surface area contributed by atoms with E-state index in [4.69, 9.17) is 31.5 Å². The predicted molar refractivity (Wildman–Crippen MR) is 235 cm³/mol. The van der Waals surface area contributed by atoms with Gasteiger partial charge in [-0.2, -0.15) is 0 Å². The van der Waals surface area contributed by atoms with E-state index in [1.54, 1.807) is 12.1 Å². The highest BCUT2D eigenvalue weighted by Gasteiger charge is 2.24. The number of ether oxygens (including phenoxy) is 3. The van der Waals surface area contributed by atoms with Crippen LogP contribution in [0.5, 0.6) is 0 Å². The smallest absolute Gasteiger partial charge is 0.355 e. The number of methoxy groups -OCH3 is 1. The number of rotatable bonds is 9. The molecule has 0 radical (unpaired) electrons. The monoisotopic (exact) mass is 811 g/mol. The lowest BCUT2D eigenvalue weighted by Gasteiger charge is -2.20. The van der Waals surface area contributed by atoms with Gasteiger partial charge in [0.1, 0.15) is 22.6 Å². The highest BCUT2D eigenvalue weighted by molar-refractivity contribution is 6.31. The molecule has 0 saturated heterocycles. The van der Waals surface area contributed by atoms with Crippen LogP contribution >= 0.6 is 11.6 Å². The van der Waals surface area contributed by atoms with E-state index in [1.807, 2.05) is 166 Å². The Hall–Kier alpha value is -6.32. The first kappa shape index (κ1) is 42.3.